The van der Waals surface area contributed by atoms with Crippen LogP contribution in [0.1, 0.15) is 23.6 Å². The monoisotopic (exact) mass is 393 g/mol. The molecule has 1 aliphatic rings. The van der Waals surface area contributed by atoms with Crippen molar-refractivity contribution in [2.75, 3.05) is 25.6 Å². The van der Waals surface area contributed by atoms with Crippen molar-refractivity contribution >= 4 is 23.2 Å². The number of rotatable bonds is 7. The zero-order valence-electron chi connectivity index (χ0n) is 17.0. The van der Waals surface area contributed by atoms with Crippen LogP contribution in [-0.2, 0) is 9.59 Å². The summed E-state index contributed by atoms with van der Waals surface area (Å²) in [6.45, 7) is 2.47. The molecule has 2 aromatic carbocycles. The maximum Gasteiger partial charge on any atom is 0.267 e. The minimum absolute atomic E-state index is 0.0266. The molecule has 2 atom stereocenters. The molecule has 0 saturated carbocycles. The van der Waals surface area contributed by atoms with Gasteiger partial charge < -0.3 is 16.0 Å². The topological polar surface area (TPSA) is 91.0 Å². The van der Waals surface area contributed by atoms with Crippen molar-refractivity contribution in [1.82, 2.24) is 10.2 Å². The van der Waals surface area contributed by atoms with Crippen LogP contribution in [0.25, 0.3) is 0 Å². The van der Waals surface area contributed by atoms with Gasteiger partial charge in [-0.3, -0.25) is 14.6 Å². The van der Waals surface area contributed by atoms with Crippen molar-refractivity contribution in [3.8, 4) is 0 Å². The lowest BCUT2D eigenvalue weighted by atomic mass is 10.0. The highest BCUT2D eigenvalue weighted by molar-refractivity contribution is 6.40. The SMILES string of the molecule is Cc1ccc(C(CNC(=O)C2=NN(c3ccccc3)C(C(N)=O)C2)N(C)C)cc1. The third-order valence-electron chi connectivity index (χ3n) is 5.06. The molecule has 152 valence electrons. The second kappa shape index (κ2) is 8.87. The molecule has 3 rings (SSSR count). The van der Waals surface area contributed by atoms with Crippen molar-refractivity contribution < 1.29 is 9.59 Å². The summed E-state index contributed by atoms with van der Waals surface area (Å²) in [4.78, 5) is 26.7. The van der Waals surface area contributed by atoms with Crippen LogP contribution in [0.15, 0.2) is 59.7 Å². The number of carbonyl (C=O) groups excluding carboxylic acids is 2. The van der Waals surface area contributed by atoms with Crippen molar-refractivity contribution in [1.29, 1.82) is 0 Å². The minimum atomic E-state index is -0.667. The van der Waals surface area contributed by atoms with Crippen LogP contribution in [0, 0.1) is 6.92 Å². The Morgan fingerprint density at radius 1 is 1.17 bits per heavy atom. The molecule has 1 heterocycles. The number of anilines is 1. The first kappa shape index (κ1) is 20.5. The number of nitrogens with one attached hydrogen (secondary N) is 1. The first-order chi connectivity index (χ1) is 13.9. The average Bonchev–Trinajstić information content (AvgIpc) is 3.16. The Morgan fingerprint density at radius 2 is 1.83 bits per heavy atom. The van der Waals surface area contributed by atoms with Crippen LogP contribution in [-0.4, -0.2) is 49.1 Å². The third-order valence-corrected chi connectivity index (χ3v) is 5.06. The smallest absolute Gasteiger partial charge is 0.267 e. The number of hydrogen-bond acceptors (Lipinski definition) is 5. The number of hydrogen-bond donors (Lipinski definition) is 2. The van der Waals surface area contributed by atoms with Crippen LogP contribution in [0.3, 0.4) is 0 Å². The van der Waals surface area contributed by atoms with Gasteiger partial charge in [-0.05, 0) is 38.7 Å². The molecule has 0 radical (unpaired) electrons. The van der Waals surface area contributed by atoms with E-state index in [1.807, 2.05) is 51.4 Å². The summed E-state index contributed by atoms with van der Waals surface area (Å²) in [5.74, 6) is -0.792. The number of amides is 2. The maximum absolute atomic E-state index is 12.8. The largest absolute Gasteiger partial charge is 0.368 e. The van der Waals surface area contributed by atoms with E-state index < -0.39 is 11.9 Å². The number of likely N-dealkylation sites (N-methyl/N-ethyl adjacent to an activating group) is 1. The van der Waals surface area contributed by atoms with Gasteiger partial charge in [0.05, 0.1) is 11.7 Å². The molecule has 29 heavy (non-hydrogen) atoms. The van der Waals surface area contributed by atoms with E-state index in [0.717, 1.165) is 11.3 Å². The van der Waals surface area contributed by atoms with Gasteiger partial charge in [0, 0.05) is 13.0 Å². The fourth-order valence-corrected chi connectivity index (χ4v) is 3.37. The fraction of sp³-hybridized carbons (Fsp3) is 0.318. The maximum atomic E-state index is 12.8. The van der Waals surface area contributed by atoms with E-state index in [4.69, 9.17) is 5.73 Å². The molecule has 7 heteroatoms. The number of aryl methyl sites for hydroxylation is 1. The summed E-state index contributed by atoms with van der Waals surface area (Å²) >= 11 is 0. The Hall–Kier alpha value is -3.19. The summed E-state index contributed by atoms with van der Waals surface area (Å²) in [5, 5.41) is 8.88. The Bertz CT molecular complexity index is 893. The highest BCUT2D eigenvalue weighted by Crippen LogP contribution is 2.24. The predicted octanol–water partition coefficient (Wildman–Crippen LogP) is 1.83. The zero-order chi connectivity index (χ0) is 21.0. The van der Waals surface area contributed by atoms with E-state index in [9.17, 15) is 9.59 Å². The second-order valence-electron chi connectivity index (χ2n) is 7.45. The second-order valence-corrected chi connectivity index (χ2v) is 7.45. The van der Waals surface area contributed by atoms with Crippen LogP contribution in [0.5, 0.6) is 0 Å². The highest BCUT2D eigenvalue weighted by atomic mass is 16.2. The van der Waals surface area contributed by atoms with Gasteiger partial charge in [-0.15, -0.1) is 0 Å². The summed E-state index contributed by atoms with van der Waals surface area (Å²) in [7, 11) is 3.95. The van der Waals surface area contributed by atoms with E-state index in [0.29, 0.717) is 12.3 Å². The van der Waals surface area contributed by atoms with E-state index >= 15 is 0 Å². The number of nitrogens with two attached hydrogens (primary N) is 1. The van der Waals surface area contributed by atoms with Crippen LogP contribution in [0.4, 0.5) is 5.69 Å². The molecular weight excluding hydrogens is 366 g/mol. The lowest BCUT2D eigenvalue weighted by molar-refractivity contribution is -0.119. The number of primary amides is 1. The molecule has 0 spiro atoms. The van der Waals surface area contributed by atoms with Gasteiger partial charge in [0.25, 0.3) is 5.91 Å². The van der Waals surface area contributed by atoms with Gasteiger partial charge in [-0.2, -0.15) is 5.10 Å². The van der Waals surface area contributed by atoms with Gasteiger partial charge >= 0.3 is 0 Å². The third kappa shape index (κ3) is 4.81. The van der Waals surface area contributed by atoms with Gasteiger partial charge in [-0.25, -0.2) is 0 Å². The Morgan fingerprint density at radius 3 is 2.41 bits per heavy atom. The Labute approximate surface area is 171 Å². The molecule has 2 amide bonds. The van der Waals surface area contributed by atoms with Crippen molar-refractivity contribution in [3.63, 3.8) is 0 Å². The van der Waals surface area contributed by atoms with Crippen LogP contribution < -0.4 is 16.1 Å². The van der Waals surface area contributed by atoms with E-state index in [1.165, 1.54) is 10.6 Å². The first-order valence-electron chi connectivity index (χ1n) is 9.59. The van der Waals surface area contributed by atoms with Gasteiger partial charge in [0.15, 0.2) is 0 Å². The predicted molar refractivity (Wildman–Crippen MR) is 115 cm³/mol. The molecule has 0 aromatic heterocycles. The van der Waals surface area contributed by atoms with Gasteiger partial charge in [0.2, 0.25) is 5.91 Å². The molecule has 7 nitrogen and oxygen atoms in total. The highest BCUT2D eigenvalue weighted by Gasteiger charge is 2.35. The summed E-state index contributed by atoms with van der Waals surface area (Å²) in [6, 6.07) is 16.9. The number of para-hydroxylation sites is 1. The molecule has 0 aliphatic carbocycles. The molecule has 0 bridgehead atoms. The first-order valence-corrected chi connectivity index (χ1v) is 9.59. The minimum Gasteiger partial charge on any atom is -0.368 e. The zero-order valence-corrected chi connectivity index (χ0v) is 17.0. The summed E-state index contributed by atoms with van der Waals surface area (Å²) in [5.41, 5.74) is 8.89. The Kier molecular flexibility index (Phi) is 6.29. The molecule has 2 aromatic rings. The fourth-order valence-electron chi connectivity index (χ4n) is 3.37. The molecular formula is C22H27N5O2. The lowest BCUT2D eigenvalue weighted by Crippen LogP contribution is -2.40. The van der Waals surface area contributed by atoms with Gasteiger partial charge in [0.1, 0.15) is 11.8 Å². The standard InChI is InChI=1S/C22H27N5O2/c1-15-9-11-16(12-10-15)20(26(2)3)14-24-22(29)18-13-19(21(23)28)27(25-18)17-7-5-4-6-8-17/h4-12,19-20H,13-14H2,1-3H3,(H2,23,28)(H,24,29). The average molecular weight is 393 g/mol. The van der Waals surface area contributed by atoms with Crippen LogP contribution >= 0.6 is 0 Å². The summed E-state index contributed by atoms with van der Waals surface area (Å²) in [6.07, 6.45) is 0.188. The molecule has 1 aliphatic heterocycles. The molecule has 3 N–H and O–H groups in total. The number of carbonyl (C=O) groups is 2. The van der Waals surface area contributed by atoms with Gasteiger partial charge in [-0.1, -0.05) is 48.0 Å². The lowest BCUT2D eigenvalue weighted by Gasteiger charge is -2.25. The molecule has 0 saturated heterocycles. The molecule has 0 fully saturated rings. The molecule has 2 unspecified atom stereocenters. The number of nitrogens with zero attached hydrogens (tertiary/aromatic N) is 3. The Balaban J connectivity index is 1.72. The normalized spacial score (nSPS) is 17.2. The van der Waals surface area contributed by atoms with E-state index in [-0.39, 0.29) is 18.4 Å². The van der Waals surface area contributed by atoms with Crippen molar-refractivity contribution in [2.45, 2.75) is 25.4 Å². The number of benzene rings is 2. The van der Waals surface area contributed by atoms with E-state index in [1.54, 1.807) is 0 Å². The van der Waals surface area contributed by atoms with Crippen molar-refractivity contribution in [2.24, 2.45) is 10.8 Å². The van der Waals surface area contributed by atoms with E-state index in [2.05, 4.69) is 39.6 Å². The summed E-state index contributed by atoms with van der Waals surface area (Å²) < 4.78 is 0. The quantitative estimate of drug-likeness (QED) is 0.751. The van der Waals surface area contributed by atoms with Crippen LogP contribution in [0.2, 0.25) is 0 Å². The van der Waals surface area contributed by atoms with Crippen molar-refractivity contribution in [3.05, 3.63) is 65.7 Å². The number of hydrazone groups is 1.